The topological polar surface area (TPSA) is 57.5 Å². The molecule has 3 aromatic carbocycles. The van der Waals surface area contributed by atoms with E-state index in [9.17, 15) is 8.42 Å². The zero-order valence-corrected chi connectivity index (χ0v) is 22.9. The molecule has 0 saturated heterocycles. The van der Waals surface area contributed by atoms with E-state index in [1.165, 1.54) is 35.2 Å². The molecular formula is C32H37NO4S. The van der Waals surface area contributed by atoms with Gasteiger partial charge in [-0.1, -0.05) is 86.4 Å². The first-order chi connectivity index (χ1) is 18.6. The molecule has 0 aliphatic heterocycles. The largest absolute Gasteiger partial charge is 0.497 e. The molecule has 0 bridgehead atoms. The summed E-state index contributed by atoms with van der Waals surface area (Å²) in [6.07, 6.45) is 14.0. The summed E-state index contributed by atoms with van der Waals surface area (Å²) in [5.41, 5.74) is 2.81. The van der Waals surface area contributed by atoms with Gasteiger partial charge >= 0.3 is 0 Å². The lowest BCUT2D eigenvalue weighted by Gasteiger charge is -2.08. The minimum Gasteiger partial charge on any atom is -0.497 e. The molecule has 0 amide bonds. The Morgan fingerprint density at radius 1 is 0.789 bits per heavy atom. The number of fused-ring (bicyclic) bond motifs is 1. The quantitative estimate of drug-likeness (QED) is 0.147. The Morgan fingerprint density at radius 2 is 1.47 bits per heavy atom. The molecule has 5 nitrogen and oxygen atoms in total. The van der Waals surface area contributed by atoms with Gasteiger partial charge in [0.25, 0.3) is 10.0 Å². The number of methoxy groups -OCH3 is 1. The number of allylic oxidation sites excluding steroid dienone is 1. The highest BCUT2D eigenvalue weighted by Crippen LogP contribution is 2.28. The number of hydrogen-bond donors (Lipinski definition) is 0. The van der Waals surface area contributed by atoms with Crippen LogP contribution in [0.15, 0.2) is 96.0 Å². The lowest BCUT2D eigenvalue weighted by molar-refractivity contribution is 0.116. The number of benzene rings is 3. The predicted octanol–water partition coefficient (Wildman–Crippen LogP) is 7.85. The maximum Gasteiger partial charge on any atom is 0.268 e. The van der Waals surface area contributed by atoms with Crippen molar-refractivity contribution in [1.29, 1.82) is 0 Å². The van der Waals surface area contributed by atoms with Gasteiger partial charge in [-0.15, -0.1) is 0 Å². The highest BCUT2D eigenvalue weighted by molar-refractivity contribution is 7.90. The summed E-state index contributed by atoms with van der Waals surface area (Å²) in [6.45, 7) is 1.51. The third-order valence-corrected chi connectivity index (χ3v) is 8.33. The predicted molar refractivity (Wildman–Crippen MR) is 155 cm³/mol. The van der Waals surface area contributed by atoms with Gasteiger partial charge in [0, 0.05) is 23.8 Å². The Balaban J connectivity index is 1.22. The molecule has 0 atom stereocenters. The Labute approximate surface area is 226 Å². The second kappa shape index (κ2) is 14.0. The standard InChI is InChI=1S/C32H37NO4S/c1-36-29-20-22-30(23-21-29)38(34,35)33-25-28(31-18-12-13-19-32(31)33)17-11-6-4-2-3-5-7-14-24-37-26-27-15-9-8-10-16-27/h8-13,15-23,25H,2-7,14,24,26H2,1H3/b17-11-. The molecule has 0 radical (unpaired) electrons. The molecule has 0 aliphatic rings. The van der Waals surface area contributed by atoms with Crippen LogP contribution in [0.3, 0.4) is 0 Å². The molecule has 1 aromatic heterocycles. The average molecular weight is 532 g/mol. The number of rotatable bonds is 15. The van der Waals surface area contributed by atoms with Crippen molar-refractivity contribution in [3.8, 4) is 5.75 Å². The van der Waals surface area contributed by atoms with Crippen LogP contribution >= 0.6 is 0 Å². The van der Waals surface area contributed by atoms with Crippen LogP contribution in [0.5, 0.6) is 5.75 Å². The van der Waals surface area contributed by atoms with Crippen LogP contribution in [0.1, 0.15) is 56.1 Å². The van der Waals surface area contributed by atoms with Gasteiger partial charge < -0.3 is 9.47 Å². The number of nitrogens with zero attached hydrogens (tertiary/aromatic N) is 1. The molecule has 0 spiro atoms. The summed E-state index contributed by atoms with van der Waals surface area (Å²) in [7, 11) is -2.16. The molecule has 6 heteroatoms. The summed E-state index contributed by atoms with van der Waals surface area (Å²) in [5, 5.41) is 0.926. The summed E-state index contributed by atoms with van der Waals surface area (Å²) in [5.74, 6) is 0.623. The van der Waals surface area contributed by atoms with E-state index >= 15 is 0 Å². The molecule has 200 valence electrons. The fraction of sp³-hybridized carbons (Fsp3) is 0.312. The van der Waals surface area contributed by atoms with Crippen LogP contribution in [-0.2, 0) is 21.4 Å². The minimum absolute atomic E-state index is 0.234. The summed E-state index contributed by atoms with van der Waals surface area (Å²) >= 11 is 0. The number of ether oxygens (including phenoxy) is 2. The van der Waals surface area contributed by atoms with Gasteiger partial charge in [-0.3, -0.25) is 0 Å². The number of unbranched alkanes of at least 4 members (excludes halogenated alkanes) is 6. The fourth-order valence-corrected chi connectivity index (χ4v) is 5.89. The molecule has 0 N–H and O–H groups in total. The van der Waals surface area contributed by atoms with Gasteiger partial charge in [0.15, 0.2) is 0 Å². The molecule has 4 aromatic rings. The fourth-order valence-electron chi connectivity index (χ4n) is 4.52. The molecule has 0 saturated carbocycles. The molecule has 0 aliphatic carbocycles. The van der Waals surface area contributed by atoms with Crippen LogP contribution < -0.4 is 4.74 Å². The van der Waals surface area contributed by atoms with Crippen LogP contribution in [0.2, 0.25) is 0 Å². The van der Waals surface area contributed by atoms with E-state index in [0.717, 1.165) is 36.8 Å². The third kappa shape index (κ3) is 7.36. The van der Waals surface area contributed by atoms with Gasteiger partial charge in [-0.05, 0) is 55.2 Å². The van der Waals surface area contributed by atoms with Crippen LogP contribution in [-0.4, -0.2) is 26.1 Å². The second-order valence-corrected chi connectivity index (χ2v) is 11.2. The Morgan fingerprint density at radius 3 is 2.24 bits per heavy atom. The van der Waals surface area contributed by atoms with E-state index in [0.29, 0.717) is 17.9 Å². The first kappa shape index (κ1) is 27.7. The van der Waals surface area contributed by atoms with E-state index in [1.807, 2.05) is 48.5 Å². The zero-order chi connectivity index (χ0) is 26.6. The first-order valence-electron chi connectivity index (χ1n) is 13.4. The van der Waals surface area contributed by atoms with Gasteiger partial charge in [0.1, 0.15) is 5.75 Å². The Hall–Kier alpha value is -3.35. The number of aromatic nitrogens is 1. The second-order valence-electron chi connectivity index (χ2n) is 9.43. The zero-order valence-electron chi connectivity index (χ0n) is 22.1. The third-order valence-electron chi connectivity index (χ3n) is 6.64. The van der Waals surface area contributed by atoms with Crippen molar-refractivity contribution >= 4 is 27.0 Å². The van der Waals surface area contributed by atoms with Crippen molar-refractivity contribution in [2.24, 2.45) is 0 Å². The van der Waals surface area contributed by atoms with Crippen molar-refractivity contribution in [3.05, 3.63) is 102 Å². The molecule has 4 rings (SSSR count). The monoisotopic (exact) mass is 531 g/mol. The first-order valence-corrected chi connectivity index (χ1v) is 14.8. The summed E-state index contributed by atoms with van der Waals surface area (Å²) in [4.78, 5) is 0.234. The molecule has 0 unspecified atom stereocenters. The van der Waals surface area contributed by atoms with Crippen molar-refractivity contribution in [2.45, 2.75) is 56.4 Å². The van der Waals surface area contributed by atoms with Gasteiger partial charge in [0.05, 0.1) is 24.1 Å². The van der Waals surface area contributed by atoms with E-state index in [1.54, 1.807) is 37.6 Å². The van der Waals surface area contributed by atoms with Crippen LogP contribution in [0.4, 0.5) is 0 Å². The smallest absolute Gasteiger partial charge is 0.268 e. The number of para-hydroxylation sites is 1. The lowest BCUT2D eigenvalue weighted by Crippen LogP contribution is -2.11. The molecule has 38 heavy (non-hydrogen) atoms. The van der Waals surface area contributed by atoms with E-state index in [-0.39, 0.29) is 4.90 Å². The van der Waals surface area contributed by atoms with E-state index in [4.69, 9.17) is 9.47 Å². The van der Waals surface area contributed by atoms with E-state index in [2.05, 4.69) is 18.2 Å². The Kier molecular flexibility index (Phi) is 10.2. The number of hydrogen-bond acceptors (Lipinski definition) is 4. The van der Waals surface area contributed by atoms with Crippen molar-refractivity contribution in [3.63, 3.8) is 0 Å². The van der Waals surface area contributed by atoms with Gasteiger partial charge in [-0.2, -0.15) is 0 Å². The maximum absolute atomic E-state index is 13.4. The normalized spacial score (nSPS) is 11.9. The van der Waals surface area contributed by atoms with Gasteiger partial charge in [-0.25, -0.2) is 12.4 Å². The average Bonchev–Trinajstić information content (AvgIpc) is 3.33. The van der Waals surface area contributed by atoms with E-state index < -0.39 is 10.0 Å². The Bertz CT molecular complexity index is 1410. The maximum atomic E-state index is 13.4. The summed E-state index contributed by atoms with van der Waals surface area (Å²) in [6, 6.07) is 24.4. The lowest BCUT2D eigenvalue weighted by atomic mass is 10.1. The molecular weight excluding hydrogens is 494 g/mol. The molecule has 0 fully saturated rings. The highest BCUT2D eigenvalue weighted by Gasteiger charge is 2.20. The summed E-state index contributed by atoms with van der Waals surface area (Å²) < 4.78 is 39.1. The van der Waals surface area contributed by atoms with Gasteiger partial charge in [0.2, 0.25) is 0 Å². The van der Waals surface area contributed by atoms with Crippen LogP contribution in [0, 0.1) is 0 Å². The molecule has 1 heterocycles. The minimum atomic E-state index is -3.72. The van der Waals surface area contributed by atoms with Crippen LogP contribution in [0.25, 0.3) is 17.0 Å². The van der Waals surface area contributed by atoms with Crippen molar-refractivity contribution in [1.82, 2.24) is 3.97 Å². The van der Waals surface area contributed by atoms with Crippen molar-refractivity contribution < 1.29 is 17.9 Å². The SMILES string of the molecule is COc1ccc(S(=O)(=O)n2cc(/C=C\CCCCCCCCOCc3ccccc3)c3ccccc32)cc1. The van der Waals surface area contributed by atoms with Crippen molar-refractivity contribution in [2.75, 3.05) is 13.7 Å². The highest BCUT2D eigenvalue weighted by atomic mass is 32.2.